The molecule has 0 aliphatic rings. The Kier molecular flexibility index (Phi) is 5.88. The largest absolute Gasteiger partial charge is 0.356 e. The van der Waals surface area contributed by atoms with Gasteiger partial charge in [0.25, 0.3) is 0 Å². The molecule has 1 atom stereocenters. The monoisotopic (exact) mass is 327 g/mol. The van der Waals surface area contributed by atoms with Crippen LogP contribution in [0.1, 0.15) is 30.8 Å². The van der Waals surface area contributed by atoms with Crippen LogP contribution >= 0.6 is 11.3 Å². The number of guanidine groups is 1. The Morgan fingerprint density at radius 2 is 2.27 bits per heavy atom. The number of aromatic nitrogens is 2. The highest BCUT2D eigenvalue weighted by molar-refractivity contribution is 7.07. The van der Waals surface area contributed by atoms with Crippen LogP contribution in [0.4, 0.5) is 8.78 Å². The van der Waals surface area contributed by atoms with Gasteiger partial charge in [-0.05, 0) is 28.3 Å². The highest BCUT2D eigenvalue weighted by atomic mass is 32.1. The van der Waals surface area contributed by atoms with Gasteiger partial charge in [-0.25, -0.2) is 4.98 Å². The van der Waals surface area contributed by atoms with Gasteiger partial charge in [0, 0.05) is 26.0 Å². The number of thiophene rings is 1. The first-order valence-electron chi connectivity index (χ1n) is 6.88. The fourth-order valence-corrected chi connectivity index (χ4v) is 2.75. The van der Waals surface area contributed by atoms with E-state index in [1.165, 1.54) is 18.0 Å². The van der Waals surface area contributed by atoms with Crippen LogP contribution in [-0.4, -0.2) is 29.1 Å². The lowest BCUT2D eigenvalue weighted by molar-refractivity contribution is 0.0668. The van der Waals surface area contributed by atoms with Gasteiger partial charge in [-0.15, -0.1) is 0 Å². The average molecular weight is 327 g/mol. The second-order valence-electron chi connectivity index (χ2n) is 4.79. The number of aliphatic imine (C=N–C) groups is 1. The highest BCUT2D eigenvalue weighted by Gasteiger charge is 2.12. The van der Waals surface area contributed by atoms with Crippen LogP contribution in [0.25, 0.3) is 0 Å². The molecule has 8 heteroatoms. The van der Waals surface area contributed by atoms with Gasteiger partial charge < -0.3 is 10.6 Å². The van der Waals surface area contributed by atoms with Crippen molar-refractivity contribution in [3.8, 4) is 0 Å². The van der Waals surface area contributed by atoms with Crippen molar-refractivity contribution in [2.75, 3.05) is 13.6 Å². The predicted octanol–water partition coefficient (Wildman–Crippen LogP) is 2.81. The molecule has 0 amide bonds. The summed E-state index contributed by atoms with van der Waals surface area (Å²) in [6, 6.07) is 2.09. The Balaban J connectivity index is 1.84. The van der Waals surface area contributed by atoms with E-state index < -0.39 is 6.55 Å². The molecule has 0 aromatic carbocycles. The van der Waals surface area contributed by atoms with E-state index in [9.17, 15) is 8.78 Å². The summed E-state index contributed by atoms with van der Waals surface area (Å²) in [4.78, 5) is 8.01. The number of hydrogen-bond donors (Lipinski definition) is 2. The van der Waals surface area contributed by atoms with Crippen LogP contribution in [0.5, 0.6) is 0 Å². The van der Waals surface area contributed by atoms with Gasteiger partial charge in [0.05, 0.1) is 6.54 Å². The Hall–Kier alpha value is -1.96. The standard InChI is InChI=1S/C14H19F2N5S/c1-10(11-3-6-22-9-11)7-19-14(17-2)20-8-12-18-4-5-21(12)13(15)16/h3-6,9-10,13H,7-8H2,1-2H3,(H2,17,19,20). The lowest BCUT2D eigenvalue weighted by Crippen LogP contribution is -2.39. The lowest BCUT2D eigenvalue weighted by Gasteiger charge is -2.15. The van der Waals surface area contributed by atoms with E-state index in [1.54, 1.807) is 18.4 Å². The Bertz CT molecular complexity index is 594. The molecule has 22 heavy (non-hydrogen) atoms. The molecule has 0 aliphatic heterocycles. The minimum absolute atomic E-state index is 0.184. The van der Waals surface area contributed by atoms with Gasteiger partial charge in [0.15, 0.2) is 5.96 Å². The minimum Gasteiger partial charge on any atom is -0.356 e. The lowest BCUT2D eigenvalue weighted by atomic mass is 10.1. The van der Waals surface area contributed by atoms with Gasteiger partial charge in [-0.1, -0.05) is 6.92 Å². The topological polar surface area (TPSA) is 54.2 Å². The molecule has 2 N–H and O–H groups in total. The van der Waals surface area contributed by atoms with Crippen LogP contribution < -0.4 is 10.6 Å². The number of rotatable bonds is 6. The molecule has 2 rings (SSSR count). The molecular weight excluding hydrogens is 308 g/mol. The molecule has 2 aromatic rings. The fraction of sp³-hybridized carbons (Fsp3) is 0.429. The molecule has 0 saturated heterocycles. The second kappa shape index (κ2) is 7.88. The smallest absolute Gasteiger partial charge is 0.319 e. The van der Waals surface area contributed by atoms with Crippen molar-refractivity contribution in [3.05, 3.63) is 40.6 Å². The van der Waals surface area contributed by atoms with Crippen molar-refractivity contribution in [1.29, 1.82) is 0 Å². The van der Waals surface area contributed by atoms with E-state index in [0.717, 1.165) is 4.57 Å². The summed E-state index contributed by atoms with van der Waals surface area (Å²) in [5.41, 5.74) is 1.26. The molecule has 0 saturated carbocycles. The van der Waals surface area contributed by atoms with E-state index >= 15 is 0 Å². The van der Waals surface area contributed by atoms with Crippen molar-refractivity contribution in [1.82, 2.24) is 20.2 Å². The number of alkyl halides is 2. The van der Waals surface area contributed by atoms with Crippen molar-refractivity contribution in [2.24, 2.45) is 4.99 Å². The van der Waals surface area contributed by atoms with Crippen LogP contribution in [0.3, 0.4) is 0 Å². The maximum absolute atomic E-state index is 12.7. The Morgan fingerprint density at radius 1 is 1.45 bits per heavy atom. The molecule has 0 spiro atoms. The van der Waals surface area contributed by atoms with Crippen molar-refractivity contribution >= 4 is 17.3 Å². The molecule has 0 bridgehead atoms. The maximum Gasteiger partial charge on any atom is 0.319 e. The van der Waals surface area contributed by atoms with Crippen LogP contribution in [0.2, 0.25) is 0 Å². The summed E-state index contributed by atoms with van der Waals surface area (Å²) in [5, 5.41) is 10.3. The van der Waals surface area contributed by atoms with E-state index in [4.69, 9.17) is 0 Å². The second-order valence-corrected chi connectivity index (χ2v) is 5.57. The SMILES string of the molecule is CN=C(NCc1nccn1C(F)F)NCC(C)c1ccsc1. The molecule has 0 radical (unpaired) electrons. The van der Waals surface area contributed by atoms with Gasteiger partial charge in [-0.3, -0.25) is 9.56 Å². The quantitative estimate of drug-likeness (QED) is 0.634. The number of halogens is 2. The summed E-state index contributed by atoms with van der Waals surface area (Å²) < 4.78 is 26.3. The number of imidazole rings is 1. The summed E-state index contributed by atoms with van der Waals surface area (Å²) in [5.74, 6) is 1.17. The third kappa shape index (κ3) is 4.27. The summed E-state index contributed by atoms with van der Waals surface area (Å²) in [6.45, 7) is 0.419. The molecule has 2 heterocycles. The van der Waals surface area contributed by atoms with Crippen LogP contribution in [-0.2, 0) is 6.54 Å². The molecule has 0 aliphatic carbocycles. The van der Waals surface area contributed by atoms with Crippen LogP contribution in [0.15, 0.2) is 34.2 Å². The van der Waals surface area contributed by atoms with E-state index in [0.29, 0.717) is 18.4 Å². The third-order valence-electron chi connectivity index (χ3n) is 3.28. The molecule has 0 fully saturated rings. The first-order valence-corrected chi connectivity index (χ1v) is 7.82. The zero-order valence-electron chi connectivity index (χ0n) is 12.5. The van der Waals surface area contributed by atoms with E-state index in [2.05, 4.69) is 39.0 Å². The van der Waals surface area contributed by atoms with Crippen molar-refractivity contribution in [2.45, 2.75) is 25.9 Å². The average Bonchev–Trinajstić information content (AvgIpc) is 3.18. The first-order chi connectivity index (χ1) is 10.6. The normalized spacial score (nSPS) is 13.4. The molecule has 120 valence electrons. The number of nitrogens with zero attached hydrogens (tertiary/aromatic N) is 3. The minimum atomic E-state index is -2.59. The molecule has 1 unspecified atom stereocenters. The van der Waals surface area contributed by atoms with Crippen molar-refractivity contribution < 1.29 is 8.78 Å². The number of nitrogens with one attached hydrogen (secondary N) is 2. The maximum atomic E-state index is 12.7. The van der Waals surface area contributed by atoms with Gasteiger partial charge >= 0.3 is 6.55 Å². The number of hydrogen-bond acceptors (Lipinski definition) is 3. The zero-order valence-corrected chi connectivity index (χ0v) is 13.3. The third-order valence-corrected chi connectivity index (χ3v) is 3.99. The highest BCUT2D eigenvalue weighted by Crippen LogP contribution is 2.17. The van der Waals surface area contributed by atoms with Gasteiger partial charge in [0.1, 0.15) is 5.82 Å². The predicted molar refractivity (Wildman–Crippen MR) is 84.4 cm³/mol. The molecule has 5 nitrogen and oxygen atoms in total. The van der Waals surface area contributed by atoms with E-state index in [1.807, 2.05) is 5.38 Å². The first kappa shape index (κ1) is 16.4. The van der Waals surface area contributed by atoms with Crippen LogP contribution in [0, 0.1) is 0 Å². The molecular formula is C14H19F2N5S. The van der Waals surface area contributed by atoms with Crippen molar-refractivity contribution in [3.63, 3.8) is 0 Å². The van der Waals surface area contributed by atoms with Gasteiger partial charge in [-0.2, -0.15) is 20.1 Å². The Labute approximate surface area is 132 Å². The van der Waals surface area contributed by atoms with Gasteiger partial charge in [0.2, 0.25) is 0 Å². The summed E-state index contributed by atoms with van der Waals surface area (Å²) in [7, 11) is 1.64. The summed E-state index contributed by atoms with van der Waals surface area (Å²) >= 11 is 1.67. The Morgan fingerprint density at radius 3 is 2.91 bits per heavy atom. The summed E-state index contributed by atoms with van der Waals surface area (Å²) in [6.07, 6.45) is 2.62. The zero-order chi connectivity index (χ0) is 15.9. The van der Waals surface area contributed by atoms with E-state index in [-0.39, 0.29) is 12.4 Å². The molecule has 2 aromatic heterocycles. The fourth-order valence-electron chi connectivity index (χ4n) is 1.96.